The lowest BCUT2D eigenvalue weighted by molar-refractivity contribution is -0.116. The van der Waals surface area contributed by atoms with Crippen molar-refractivity contribution in [3.05, 3.63) is 76.9 Å². The van der Waals surface area contributed by atoms with E-state index >= 15 is 0 Å². The molecule has 0 spiro atoms. The van der Waals surface area contributed by atoms with Crippen molar-refractivity contribution in [3.8, 4) is 0 Å². The summed E-state index contributed by atoms with van der Waals surface area (Å²) in [6.45, 7) is 4.13. The summed E-state index contributed by atoms with van der Waals surface area (Å²) in [7, 11) is 1.59. The molecule has 0 fully saturated rings. The van der Waals surface area contributed by atoms with Crippen LogP contribution in [0.3, 0.4) is 0 Å². The van der Waals surface area contributed by atoms with Crippen LogP contribution in [-0.4, -0.2) is 24.2 Å². The second kappa shape index (κ2) is 9.93. The molecule has 138 valence electrons. The topological polar surface area (TPSA) is 49.3 Å². The molecule has 0 saturated carbocycles. The first-order chi connectivity index (χ1) is 12.5. The maximum Gasteiger partial charge on any atom is 0.244 e. The maximum absolute atomic E-state index is 11.8. The standard InChI is InChI=1S/C23H29NO2/c1-4-6-22(25)21(16-23(26)24-3)20-13-11-18(12-14-20)9-10-19-8-5-7-17(2)15-19/h5,7-8,11-16,22,25H,4,6,9-10H2,1-3H3,(H,24,26)/b21-16-. The molecule has 2 N–H and O–H groups in total. The third kappa shape index (κ3) is 5.85. The summed E-state index contributed by atoms with van der Waals surface area (Å²) in [4.78, 5) is 11.8. The molecule has 1 unspecified atom stereocenters. The van der Waals surface area contributed by atoms with Crippen molar-refractivity contribution in [1.29, 1.82) is 0 Å². The molecule has 1 atom stereocenters. The van der Waals surface area contributed by atoms with Gasteiger partial charge in [0.15, 0.2) is 0 Å². The van der Waals surface area contributed by atoms with Crippen LogP contribution in [0.25, 0.3) is 5.57 Å². The van der Waals surface area contributed by atoms with Crippen LogP contribution in [0.4, 0.5) is 0 Å². The Kier molecular flexibility index (Phi) is 7.61. The van der Waals surface area contributed by atoms with E-state index in [1.165, 1.54) is 22.8 Å². The van der Waals surface area contributed by atoms with Crippen LogP contribution in [-0.2, 0) is 17.6 Å². The number of aliphatic hydroxyl groups is 1. The number of hydrogen-bond donors (Lipinski definition) is 2. The van der Waals surface area contributed by atoms with E-state index in [2.05, 4.69) is 48.6 Å². The van der Waals surface area contributed by atoms with E-state index in [9.17, 15) is 9.90 Å². The van der Waals surface area contributed by atoms with E-state index in [1.54, 1.807) is 7.05 Å². The van der Waals surface area contributed by atoms with Crippen LogP contribution in [0.2, 0.25) is 0 Å². The van der Waals surface area contributed by atoms with Gasteiger partial charge in [-0.25, -0.2) is 0 Å². The summed E-state index contributed by atoms with van der Waals surface area (Å²) in [6.07, 6.45) is 4.34. The zero-order chi connectivity index (χ0) is 18.9. The summed E-state index contributed by atoms with van der Waals surface area (Å²) in [5, 5.41) is 13.0. The minimum atomic E-state index is -0.629. The van der Waals surface area contributed by atoms with Crippen LogP contribution in [0, 0.1) is 6.92 Å². The second-order valence-electron chi connectivity index (χ2n) is 6.70. The summed E-state index contributed by atoms with van der Waals surface area (Å²) in [5.41, 5.74) is 5.45. The molecule has 0 radical (unpaired) electrons. The van der Waals surface area contributed by atoms with Crippen molar-refractivity contribution in [1.82, 2.24) is 5.32 Å². The quantitative estimate of drug-likeness (QED) is 0.704. The minimum Gasteiger partial charge on any atom is -0.388 e. The Morgan fingerprint density at radius 2 is 1.81 bits per heavy atom. The highest BCUT2D eigenvalue weighted by Gasteiger charge is 2.14. The Labute approximate surface area is 156 Å². The number of likely N-dealkylation sites (N-methyl/N-ethyl adjacent to an activating group) is 1. The number of rotatable bonds is 8. The van der Waals surface area contributed by atoms with Crippen LogP contribution < -0.4 is 5.32 Å². The van der Waals surface area contributed by atoms with E-state index in [0.29, 0.717) is 12.0 Å². The molecule has 0 bridgehead atoms. The molecule has 0 aliphatic heterocycles. The number of carbonyl (C=O) groups excluding carboxylic acids is 1. The molecule has 2 aromatic rings. The number of hydrogen-bond acceptors (Lipinski definition) is 2. The molecular weight excluding hydrogens is 322 g/mol. The average Bonchev–Trinajstić information content (AvgIpc) is 2.65. The number of aliphatic hydroxyl groups excluding tert-OH is 1. The summed E-state index contributed by atoms with van der Waals surface area (Å²) in [6, 6.07) is 16.8. The first-order valence-corrected chi connectivity index (χ1v) is 9.29. The van der Waals surface area contributed by atoms with Gasteiger partial charge in [0.05, 0.1) is 6.10 Å². The average molecular weight is 351 g/mol. The fraction of sp³-hybridized carbons (Fsp3) is 0.348. The molecule has 0 heterocycles. The monoisotopic (exact) mass is 351 g/mol. The zero-order valence-electron chi connectivity index (χ0n) is 16.0. The van der Waals surface area contributed by atoms with Gasteiger partial charge in [-0.05, 0) is 48.4 Å². The maximum atomic E-state index is 11.8. The molecule has 26 heavy (non-hydrogen) atoms. The van der Waals surface area contributed by atoms with Gasteiger partial charge in [0.25, 0.3) is 0 Å². The largest absolute Gasteiger partial charge is 0.388 e. The van der Waals surface area contributed by atoms with Gasteiger partial charge in [0.1, 0.15) is 0 Å². The van der Waals surface area contributed by atoms with Gasteiger partial charge in [0.2, 0.25) is 5.91 Å². The van der Waals surface area contributed by atoms with E-state index in [4.69, 9.17) is 0 Å². The molecule has 0 aliphatic rings. The van der Waals surface area contributed by atoms with Gasteiger partial charge in [0, 0.05) is 13.1 Å². The smallest absolute Gasteiger partial charge is 0.244 e. The Morgan fingerprint density at radius 1 is 1.12 bits per heavy atom. The highest BCUT2D eigenvalue weighted by atomic mass is 16.3. The number of carbonyl (C=O) groups is 1. The van der Waals surface area contributed by atoms with Crippen LogP contribution in [0.1, 0.15) is 42.0 Å². The van der Waals surface area contributed by atoms with Crippen molar-refractivity contribution in [2.24, 2.45) is 0 Å². The predicted octanol–water partition coefficient (Wildman–Crippen LogP) is 4.07. The summed E-state index contributed by atoms with van der Waals surface area (Å²) in [5.74, 6) is -0.196. The molecule has 0 aliphatic carbocycles. The molecule has 0 aromatic heterocycles. The minimum absolute atomic E-state index is 0.196. The highest BCUT2D eigenvalue weighted by molar-refractivity contribution is 5.95. The second-order valence-corrected chi connectivity index (χ2v) is 6.70. The van der Waals surface area contributed by atoms with Crippen LogP contribution in [0.5, 0.6) is 0 Å². The van der Waals surface area contributed by atoms with Gasteiger partial charge in [-0.1, -0.05) is 67.4 Å². The molecule has 3 heteroatoms. The first kappa shape index (κ1) is 19.9. The van der Waals surface area contributed by atoms with Crippen molar-refractivity contribution in [2.45, 2.75) is 45.6 Å². The molecule has 1 amide bonds. The molecule has 3 nitrogen and oxygen atoms in total. The molecule has 2 aromatic carbocycles. The molecular formula is C23H29NO2. The normalized spacial score (nSPS) is 12.7. The number of amides is 1. The van der Waals surface area contributed by atoms with Gasteiger partial charge in [-0.15, -0.1) is 0 Å². The predicted molar refractivity (Wildman–Crippen MR) is 108 cm³/mol. The first-order valence-electron chi connectivity index (χ1n) is 9.29. The van der Waals surface area contributed by atoms with Crippen molar-refractivity contribution in [3.63, 3.8) is 0 Å². The lowest BCUT2D eigenvalue weighted by Crippen LogP contribution is -2.18. The van der Waals surface area contributed by atoms with Crippen LogP contribution >= 0.6 is 0 Å². The third-order valence-electron chi connectivity index (χ3n) is 4.53. The fourth-order valence-corrected chi connectivity index (χ4v) is 3.03. The number of nitrogens with one attached hydrogen (secondary N) is 1. The van der Waals surface area contributed by atoms with E-state index in [-0.39, 0.29) is 5.91 Å². The fourth-order valence-electron chi connectivity index (χ4n) is 3.03. The number of benzene rings is 2. The van der Waals surface area contributed by atoms with Crippen molar-refractivity contribution >= 4 is 11.5 Å². The zero-order valence-corrected chi connectivity index (χ0v) is 16.0. The van der Waals surface area contributed by atoms with Crippen molar-refractivity contribution in [2.75, 3.05) is 7.05 Å². The van der Waals surface area contributed by atoms with Gasteiger partial charge >= 0.3 is 0 Å². The van der Waals surface area contributed by atoms with Gasteiger partial charge in [-0.3, -0.25) is 4.79 Å². The Balaban J connectivity index is 2.12. The summed E-state index contributed by atoms with van der Waals surface area (Å²) >= 11 is 0. The number of aryl methyl sites for hydroxylation is 3. The van der Waals surface area contributed by atoms with E-state index in [0.717, 1.165) is 24.8 Å². The van der Waals surface area contributed by atoms with E-state index in [1.807, 2.05) is 19.1 Å². The van der Waals surface area contributed by atoms with E-state index < -0.39 is 6.10 Å². The molecule has 0 saturated heterocycles. The lowest BCUT2D eigenvalue weighted by atomic mass is 9.95. The highest BCUT2D eigenvalue weighted by Crippen LogP contribution is 2.22. The van der Waals surface area contributed by atoms with Crippen molar-refractivity contribution < 1.29 is 9.90 Å². The SMILES string of the molecule is CCCC(O)/C(=C\C(=O)NC)c1ccc(CCc2cccc(C)c2)cc1. The Morgan fingerprint density at radius 3 is 2.42 bits per heavy atom. The molecule has 2 rings (SSSR count). The lowest BCUT2D eigenvalue weighted by Gasteiger charge is -2.15. The summed E-state index contributed by atoms with van der Waals surface area (Å²) < 4.78 is 0. The Bertz CT molecular complexity index is 747. The Hall–Kier alpha value is -2.39. The van der Waals surface area contributed by atoms with Crippen LogP contribution in [0.15, 0.2) is 54.6 Å². The van der Waals surface area contributed by atoms with Gasteiger partial charge < -0.3 is 10.4 Å². The van der Waals surface area contributed by atoms with Gasteiger partial charge in [-0.2, -0.15) is 0 Å². The third-order valence-corrected chi connectivity index (χ3v) is 4.53.